The van der Waals surface area contributed by atoms with E-state index in [4.69, 9.17) is 16.3 Å². The molecule has 2 aromatic rings. The van der Waals surface area contributed by atoms with Crippen LogP contribution in [0.15, 0.2) is 53.7 Å². The molecule has 4 nitrogen and oxygen atoms in total. The van der Waals surface area contributed by atoms with Crippen LogP contribution in [-0.4, -0.2) is 19.0 Å². The molecule has 0 aromatic heterocycles. The molecule has 0 fully saturated rings. The van der Waals surface area contributed by atoms with E-state index in [1.807, 2.05) is 0 Å². The summed E-state index contributed by atoms with van der Waals surface area (Å²) < 4.78 is 18.4. The number of hydrogen-bond donors (Lipinski definition) is 1. The van der Waals surface area contributed by atoms with Crippen molar-refractivity contribution in [1.29, 1.82) is 0 Å². The van der Waals surface area contributed by atoms with Gasteiger partial charge in [-0.3, -0.25) is 4.79 Å². The predicted octanol–water partition coefficient (Wildman–Crippen LogP) is 3.73. The topological polar surface area (TPSA) is 55.4 Å². The molecule has 132 valence electrons. The molecular weight excluding hydrogens is 357 g/mol. The average Bonchev–Trinajstić information content (AvgIpc) is 3.02. The fourth-order valence-corrected chi connectivity index (χ4v) is 4.41. The maximum atomic E-state index is 13.5. The van der Waals surface area contributed by atoms with Crippen LogP contribution in [0.2, 0.25) is 5.02 Å². The molecule has 1 heterocycles. The molecular formula is C20H15ClFNO3. The molecule has 6 heteroatoms. The fourth-order valence-electron chi connectivity index (χ4n) is 4.07. The fraction of sp³-hybridized carbons (Fsp3) is 0.200. The SMILES string of the molecule is COC(=O)C1=C2NC(=O)c3cccc(Cl)c3C2(c2ccc(F)cc2)CC1. The van der Waals surface area contributed by atoms with Crippen molar-refractivity contribution in [2.45, 2.75) is 18.3 Å². The van der Waals surface area contributed by atoms with E-state index < -0.39 is 11.4 Å². The van der Waals surface area contributed by atoms with Gasteiger partial charge >= 0.3 is 5.97 Å². The summed E-state index contributed by atoms with van der Waals surface area (Å²) in [6.07, 6.45) is 0.944. The van der Waals surface area contributed by atoms with Crippen molar-refractivity contribution in [1.82, 2.24) is 5.32 Å². The molecule has 0 saturated heterocycles. The lowest BCUT2D eigenvalue weighted by Gasteiger charge is -2.39. The lowest BCUT2D eigenvalue weighted by atomic mass is 9.68. The number of hydrogen-bond acceptors (Lipinski definition) is 3. The normalized spacial score (nSPS) is 21.1. The van der Waals surface area contributed by atoms with Gasteiger partial charge in [-0.2, -0.15) is 0 Å². The van der Waals surface area contributed by atoms with Gasteiger partial charge in [0.15, 0.2) is 0 Å². The Morgan fingerprint density at radius 1 is 1.23 bits per heavy atom. The molecule has 2 aromatic carbocycles. The van der Waals surface area contributed by atoms with Crippen molar-refractivity contribution < 1.29 is 18.7 Å². The van der Waals surface area contributed by atoms with Gasteiger partial charge in [-0.15, -0.1) is 0 Å². The number of halogens is 2. The third-order valence-corrected chi connectivity index (χ3v) is 5.49. The molecule has 1 atom stereocenters. The molecule has 0 bridgehead atoms. The number of amides is 1. The first-order valence-electron chi connectivity index (χ1n) is 8.17. The summed E-state index contributed by atoms with van der Waals surface area (Å²) in [7, 11) is 1.30. The second kappa shape index (κ2) is 5.95. The van der Waals surface area contributed by atoms with Crippen LogP contribution in [0.4, 0.5) is 4.39 Å². The lowest BCUT2D eigenvalue weighted by molar-refractivity contribution is -0.136. The summed E-state index contributed by atoms with van der Waals surface area (Å²) in [6.45, 7) is 0. The van der Waals surface area contributed by atoms with Gasteiger partial charge in [-0.25, -0.2) is 9.18 Å². The van der Waals surface area contributed by atoms with Gasteiger partial charge in [-0.05, 0) is 48.2 Å². The zero-order valence-electron chi connectivity index (χ0n) is 13.9. The summed E-state index contributed by atoms with van der Waals surface area (Å²) in [4.78, 5) is 24.9. The third kappa shape index (κ3) is 2.20. The van der Waals surface area contributed by atoms with Crippen LogP contribution in [-0.2, 0) is 14.9 Å². The summed E-state index contributed by atoms with van der Waals surface area (Å²) in [5, 5.41) is 3.30. The highest BCUT2D eigenvalue weighted by molar-refractivity contribution is 6.32. The first-order valence-corrected chi connectivity index (χ1v) is 8.55. The molecule has 2 aliphatic rings. The molecule has 1 N–H and O–H groups in total. The third-order valence-electron chi connectivity index (χ3n) is 5.17. The zero-order chi connectivity index (χ0) is 18.5. The number of methoxy groups -OCH3 is 1. The van der Waals surface area contributed by atoms with Gasteiger partial charge in [-0.1, -0.05) is 29.8 Å². The summed E-state index contributed by atoms with van der Waals surface area (Å²) in [6, 6.07) is 11.2. The van der Waals surface area contributed by atoms with E-state index in [2.05, 4.69) is 5.32 Å². The number of esters is 1. The molecule has 0 spiro atoms. The van der Waals surface area contributed by atoms with Crippen molar-refractivity contribution in [3.05, 3.63) is 81.3 Å². The van der Waals surface area contributed by atoms with Crippen molar-refractivity contribution in [3.63, 3.8) is 0 Å². The second-order valence-electron chi connectivity index (χ2n) is 6.37. The standard InChI is InChI=1S/C20H15ClFNO3/c1-26-19(25)14-9-10-20(11-5-7-12(22)8-6-11)16-13(3-2-4-15(16)21)18(24)23-17(14)20/h2-8H,9-10H2,1H3,(H,23,24). The van der Waals surface area contributed by atoms with Crippen LogP contribution < -0.4 is 5.32 Å². The molecule has 1 aliphatic heterocycles. The Morgan fingerprint density at radius 3 is 2.65 bits per heavy atom. The minimum atomic E-state index is -0.821. The number of carbonyl (C=O) groups excluding carboxylic acids is 2. The van der Waals surface area contributed by atoms with Crippen LogP contribution in [0.3, 0.4) is 0 Å². The van der Waals surface area contributed by atoms with Crippen LogP contribution in [0.5, 0.6) is 0 Å². The zero-order valence-corrected chi connectivity index (χ0v) is 14.7. The molecule has 4 rings (SSSR count). The van der Waals surface area contributed by atoms with Gasteiger partial charge < -0.3 is 10.1 Å². The number of nitrogens with one attached hydrogen (secondary N) is 1. The van der Waals surface area contributed by atoms with Gasteiger partial charge in [0.1, 0.15) is 5.82 Å². The largest absolute Gasteiger partial charge is 0.466 e. The monoisotopic (exact) mass is 371 g/mol. The van der Waals surface area contributed by atoms with Crippen LogP contribution in [0.25, 0.3) is 0 Å². The highest BCUT2D eigenvalue weighted by atomic mass is 35.5. The maximum absolute atomic E-state index is 13.5. The Hall–Kier alpha value is -2.66. The van der Waals surface area contributed by atoms with Crippen molar-refractivity contribution in [2.24, 2.45) is 0 Å². The van der Waals surface area contributed by atoms with Crippen molar-refractivity contribution >= 4 is 23.5 Å². The average molecular weight is 372 g/mol. The molecule has 1 amide bonds. The quantitative estimate of drug-likeness (QED) is 0.818. The van der Waals surface area contributed by atoms with E-state index in [1.165, 1.54) is 19.2 Å². The Labute approximate surface area is 154 Å². The number of benzene rings is 2. The maximum Gasteiger partial charge on any atom is 0.335 e. The van der Waals surface area contributed by atoms with E-state index in [0.717, 1.165) is 5.56 Å². The minimum Gasteiger partial charge on any atom is -0.466 e. The lowest BCUT2D eigenvalue weighted by Crippen LogP contribution is -2.44. The second-order valence-corrected chi connectivity index (χ2v) is 6.78. The number of ether oxygens (including phenoxy) is 1. The van der Waals surface area contributed by atoms with Crippen molar-refractivity contribution in [3.8, 4) is 0 Å². The summed E-state index contributed by atoms with van der Waals surface area (Å²) >= 11 is 6.51. The highest BCUT2D eigenvalue weighted by Gasteiger charge is 2.51. The predicted molar refractivity (Wildman–Crippen MR) is 94.4 cm³/mol. The van der Waals surface area contributed by atoms with E-state index >= 15 is 0 Å². The summed E-state index contributed by atoms with van der Waals surface area (Å²) in [5.41, 5.74) is 1.93. The van der Waals surface area contributed by atoms with Gasteiger partial charge in [0, 0.05) is 16.3 Å². The Morgan fingerprint density at radius 2 is 1.96 bits per heavy atom. The molecule has 1 unspecified atom stereocenters. The van der Waals surface area contributed by atoms with Gasteiger partial charge in [0.2, 0.25) is 0 Å². The number of fused-ring (bicyclic) bond motifs is 3. The molecule has 1 aliphatic carbocycles. The van der Waals surface area contributed by atoms with Crippen LogP contribution >= 0.6 is 11.6 Å². The van der Waals surface area contributed by atoms with Crippen molar-refractivity contribution in [2.75, 3.05) is 7.11 Å². The summed E-state index contributed by atoms with van der Waals surface area (Å²) in [5.74, 6) is -1.17. The Kier molecular flexibility index (Phi) is 3.84. The van der Waals surface area contributed by atoms with E-state index in [9.17, 15) is 14.0 Å². The first-order chi connectivity index (χ1) is 12.5. The first kappa shape index (κ1) is 16.8. The molecule has 0 saturated carbocycles. The van der Waals surface area contributed by atoms with E-state index in [-0.39, 0.29) is 11.7 Å². The smallest absolute Gasteiger partial charge is 0.335 e. The van der Waals surface area contributed by atoms with Crippen LogP contribution in [0, 0.1) is 5.82 Å². The Bertz CT molecular complexity index is 968. The minimum absolute atomic E-state index is 0.321. The van der Waals surface area contributed by atoms with E-state index in [0.29, 0.717) is 40.3 Å². The molecule has 26 heavy (non-hydrogen) atoms. The van der Waals surface area contributed by atoms with Gasteiger partial charge in [0.05, 0.1) is 18.1 Å². The number of carbonyl (C=O) groups is 2. The number of allylic oxidation sites excluding steroid dienone is 1. The van der Waals surface area contributed by atoms with Crippen LogP contribution in [0.1, 0.15) is 34.3 Å². The number of rotatable bonds is 2. The highest BCUT2D eigenvalue weighted by Crippen LogP contribution is 2.54. The molecule has 0 radical (unpaired) electrons. The Balaban J connectivity index is 2.08. The van der Waals surface area contributed by atoms with E-state index in [1.54, 1.807) is 30.3 Å². The van der Waals surface area contributed by atoms with Gasteiger partial charge in [0.25, 0.3) is 5.91 Å².